The Hall–Kier alpha value is -2.28. The van der Waals surface area contributed by atoms with Gasteiger partial charge in [0, 0.05) is 13.0 Å². The molecular weight excluding hydrogens is 290 g/mol. The maximum atomic E-state index is 12.2. The molecule has 0 radical (unpaired) electrons. The quantitative estimate of drug-likeness (QED) is 0.831. The summed E-state index contributed by atoms with van der Waals surface area (Å²) in [7, 11) is 4.45. The monoisotopic (exact) mass is 309 g/mol. The molecule has 7 nitrogen and oxygen atoms in total. The van der Waals surface area contributed by atoms with Crippen LogP contribution < -0.4 is 14.8 Å². The van der Waals surface area contributed by atoms with Crippen molar-refractivity contribution in [3.8, 4) is 11.5 Å². The first-order valence-electron chi connectivity index (χ1n) is 6.83. The Balaban J connectivity index is 2.23. The van der Waals surface area contributed by atoms with Gasteiger partial charge in [0.15, 0.2) is 11.5 Å². The Kier molecular flexibility index (Phi) is 4.87. The Morgan fingerprint density at radius 2 is 1.86 bits per heavy atom. The molecule has 1 aromatic rings. The largest absolute Gasteiger partial charge is 0.493 e. The van der Waals surface area contributed by atoms with E-state index in [0.29, 0.717) is 18.6 Å². The maximum Gasteiger partial charge on any atom is 0.335 e. The average Bonchev–Trinajstić information content (AvgIpc) is 2.45. The summed E-state index contributed by atoms with van der Waals surface area (Å²) in [4.78, 5) is 23.4. The number of anilines is 1. The number of ether oxygens (including phenoxy) is 3. The van der Waals surface area contributed by atoms with Crippen LogP contribution in [0.2, 0.25) is 0 Å². The molecule has 2 rings (SSSR count). The van der Waals surface area contributed by atoms with Crippen LogP contribution in [0, 0.1) is 5.92 Å². The van der Waals surface area contributed by atoms with E-state index in [0.717, 1.165) is 0 Å². The fraction of sp³-hybridized carbons (Fsp3) is 0.467. The Morgan fingerprint density at radius 1 is 1.18 bits per heavy atom. The minimum absolute atomic E-state index is 0.0105. The molecular formula is C15H19NO6. The molecule has 1 saturated carbocycles. The number of amides is 1. The Morgan fingerprint density at radius 3 is 2.36 bits per heavy atom. The van der Waals surface area contributed by atoms with Gasteiger partial charge in [0.2, 0.25) is 5.91 Å². The smallest absolute Gasteiger partial charge is 0.335 e. The molecule has 0 atom stereocenters. The first kappa shape index (κ1) is 16.1. The topological polar surface area (TPSA) is 94.1 Å². The average molecular weight is 309 g/mol. The summed E-state index contributed by atoms with van der Waals surface area (Å²) < 4.78 is 15.5. The van der Waals surface area contributed by atoms with Gasteiger partial charge in [0.1, 0.15) is 0 Å². The molecule has 0 spiro atoms. The minimum Gasteiger partial charge on any atom is -0.493 e. The lowest BCUT2D eigenvalue weighted by Crippen LogP contribution is -2.38. The summed E-state index contributed by atoms with van der Waals surface area (Å²) in [6, 6.07) is 2.70. The highest BCUT2D eigenvalue weighted by Crippen LogP contribution is 2.38. The van der Waals surface area contributed by atoms with Crippen molar-refractivity contribution in [2.24, 2.45) is 5.92 Å². The number of nitrogens with one attached hydrogen (secondary N) is 1. The standard InChI is InChI=1S/C15H19NO6/c1-20-10-4-8(5-10)14(17)16-11-6-9(15(18)19)7-12(21-2)13(11)22-3/h6-8,10H,4-5H2,1-3H3,(H,16,17)(H,18,19). The first-order valence-corrected chi connectivity index (χ1v) is 6.83. The third kappa shape index (κ3) is 3.14. The van der Waals surface area contributed by atoms with Crippen molar-refractivity contribution in [1.82, 2.24) is 0 Å². The van der Waals surface area contributed by atoms with Gasteiger partial charge in [-0.1, -0.05) is 0 Å². The van der Waals surface area contributed by atoms with Crippen molar-refractivity contribution in [3.05, 3.63) is 17.7 Å². The van der Waals surface area contributed by atoms with Crippen molar-refractivity contribution < 1.29 is 28.9 Å². The van der Waals surface area contributed by atoms with Gasteiger partial charge < -0.3 is 24.6 Å². The number of hydrogen-bond donors (Lipinski definition) is 2. The molecule has 120 valence electrons. The minimum atomic E-state index is -1.11. The second-order valence-electron chi connectivity index (χ2n) is 5.08. The van der Waals surface area contributed by atoms with Gasteiger partial charge in [-0.25, -0.2) is 4.79 Å². The van der Waals surface area contributed by atoms with Crippen molar-refractivity contribution in [2.75, 3.05) is 26.6 Å². The van der Waals surface area contributed by atoms with E-state index in [1.165, 1.54) is 26.4 Å². The molecule has 7 heteroatoms. The van der Waals surface area contributed by atoms with Crippen molar-refractivity contribution >= 4 is 17.6 Å². The number of carbonyl (C=O) groups excluding carboxylic acids is 1. The number of carboxylic acid groups (broad SMARTS) is 1. The van der Waals surface area contributed by atoms with Gasteiger partial charge in [-0.3, -0.25) is 4.79 Å². The first-order chi connectivity index (χ1) is 10.5. The van der Waals surface area contributed by atoms with E-state index in [4.69, 9.17) is 19.3 Å². The second-order valence-corrected chi connectivity index (χ2v) is 5.08. The van der Waals surface area contributed by atoms with E-state index in [2.05, 4.69) is 5.32 Å². The molecule has 0 aromatic heterocycles. The molecule has 1 aromatic carbocycles. The third-order valence-corrected chi connectivity index (χ3v) is 3.78. The molecule has 0 saturated heterocycles. The van der Waals surface area contributed by atoms with E-state index in [1.54, 1.807) is 7.11 Å². The van der Waals surface area contributed by atoms with E-state index in [9.17, 15) is 9.59 Å². The lowest BCUT2D eigenvalue weighted by molar-refractivity contribution is -0.127. The van der Waals surface area contributed by atoms with E-state index in [1.807, 2.05) is 0 Å². The molecule has 1 fully saturated rings. The molecule has 1 amide bonds. The predicted molar refractivity (Wildman–Crippen MR) is 78.7 cm³/mol. The SMILES string of the molecule is COc1cc(C(=O)O)cc(NC(=O)C2CC(OC)C2)c1OC. The molecule has 2 N–H and O–H groups in total. The summed E-state index contributed by atoms with van der Waals surface area (Å²) in [6.07, 6.45) is 1.42. The van der Waals surface area contributed by atoms with Gasteiger partial charge in [-0.2, -0.15) is 0 Å². The van der Waals surface area contributed by atoms with Crippen molar-refractivity contribution in [3.63, 3.8) is 0 Å². The van der Waals surface area contributed by atoms with Crippen molar-refractivity contribution in [1.29, 1.82) is 0 Å². The zero-order valence-electron chi connectivity index (χ0n) is 12.7. The van der Waals surface area contributed by atoms with Crippen LogP contribution >= 0.6 is 0 Å². The second kappa shape index (κ2) is 6.65. The van der Waals surface area contributed by atoms with Crippen LogP contribution in [-0.2, 0) is 9.53 Å². The third-order valence-electron chi connectivity index (χ3n) is 3.78. The van der Waals surface area contributed by atoms with E-state index in [-0.39, 0.29) is 34.9 Å². The van der Waals surface area contributed by atoms with Crippen LogP contribution in [0.4, 0.5) is 5.69 Å². The van der Waals surface area contributed by atoms with Gasteiger partial charge >= 0.3 is 5.97 Å². The normalized spacial score (nSPS) is 20.0. The number of benzene rings is 1. The molecule has 0 heterocycles. The zero-order valence-corrected chi connectivity index (χ0v) is 12.7. The van der Waals surface area contributed by atoms with Gasteiger partial charge in [0.05, 0.1) is 31.6 Å². The summed E-state index contributed by atoms with van der Waals surface area (Å²) >= 11 is 0. The lowest BCUT2D eigenvalue weighted by Gasteiger charge is -2.33. The van der Waals surface area contributed by atoms with Gasteiger partial charge in [-0.05, 0) is 25.0 Å². The van der Waals surface area contributed by atoms with E-state index >= 15 is 0 Å². The summed E-state index contributed by atoms with van der Waals surface area (Å²) in [5.41, 5.74) is 0.293. The van der Waals surface area contributed by atoms with Gasteiger partial charge in [0.25, 0.3) is 0 Å². The van der Waals surface area contributed by atoms with Crippen LogP contribution in [0.15, 0.2) is 12.1 Å². The molecule has 1 aliphatic rings. The Labute approximate surface area is 128 Å². The fourth-order valence-corrected chi connectivity index (χ4v) is 2.39. The van der Waals surface area contributed by atoms with Crippen LogP contribution in [0.1, 0.15) is 23.2 Å². The highest BCUT2D eigenvalue weighted by molar-refractivity contribution is 5.98. The highest BCUT2D eigenvalue weighted by Gasteiger charge is 2.35. The van der Waals surface area contributed by atoms with Crippen molar-refractivity contribution in [2.45, 2.75) is 18.9 Å². The number of carboxylic acids is 1. The number of rotatable bonds is 6. The summed E-state index contributed by atoms with van der Waals surface area (Å²) in [5, 5.41) is 11.8. The van der Waals surface area contributed by atoms with Gasteiger partial charge in [-0.15, -0.1) is 0 Å². The molecule has 22 heavy (non-hydrogen) atoms. The van der Waals surface area contributed by atoms with Crippen LogP contribution in [-0.4, -0.2) is 44.4 Å². The Bertz CT molecular complexity index is 580. The number of aromatic carboxylic acids is 1. The maximum absolute atomic E-state index is 12.2. The molecule has 0 bridgehead atoms. The number of hydrogen-bond acceptors (Lipinski definition) is 5. The fourth-order valence-electron chi connectivity index (χ4n) is 2.39. The van der Waals surface area contributed by atoms with E-state index < -0.39 is 5.97 Å². The molecule has 1 aliphatic carbocycles. The van der Waals surface area contributed by atoms with Crippen LogP contribution in [0.5, 0.6) is 11.5 Å². The number of carbonyl (C=O) groups is 2. The van der Waals surface area contributed by atoms with Crippen LogP contribution in [0.25, 0.3) is 0 Å². The zero-order chi connectivity index (χ0) is 16.3. The molecule has 0 unspecified atom stereocenters. The predicted octanol–water partition coefficient (Wildman–Crippen LogP) is 1.77. The lowest BCUT2D eigenvalue weighted by atomic mass is 9.81. The van der Waals surface area contributed by atoms with Crippen LogP contribution in [0.3, 0.4) is 0 Å². The number of methoxy groups -OCH3 is 3. The highest BCUT2D eigenvalue weighted by atomic mass is 16.5. The summed E-state index contributed by atoms with van der Waals surface area (Å²) in [5.74, 6) is -0.894. The molecule has 0 aliphatic heterocycles. The summed E-state index contributed by atoms with van der Waals surface area (Å²) in [6.45, 7) is 0.